The van der Waals surface area contributed by atoms with Crippen LogP contribution in [0.25, 0.3) is 0 Å². The van der Waals surface area contributed by atoms with E-state index >= 15 is 0 Å². The summed E-state index contributed by atoms with van der Waals surface area (Å²) in [6.07, 6.45) is 1.79. The fourth-order valence-electron chi connectivity index (χ4n) is 4.95. The molecule has 2 atom stereocenters. The molecule has 1 amide bonds. The Labute approximate surface area is 197 Å². The lowest BCUT2D eigenvalue weighted by atomic mass is 9.92. The summed E-state index contributed by atoms with van der Waals surface area (Å²) >= 11 is 6.05. The van der Waals surface area contributed by atoms with Gasteiger partial charge in [-0.1, -0.05) is 60.1 Å². The Morgan fingerprint density at radius 2 is 1.79 bits per heavy atom. The van der Waals surface area contributed by atoms with Crippen molar-refractivity contribution in [2.24, 2.45) is 0 Å². The number of sulfone groups is 1. The van der Waals surface area contributed by atoms with Gasteiger partial charge in [0.1, 0.15) is 5.75 Å². The molecule has 2 aliphatic rings. The van der Waals surface area contributed by atoms with E-state index in [-0.39, 0.29) is 11.8 Å². The molecule has 7 heteroatoms. The minimum absolute atomic E-state index is 0.0523. The molecule has 0 radical (unpaired) electrons. The van der Waals surface area contributed by atoms with Crippen LogP contribution in [0.15, 0.2) is 72.8 Å². The van der Waals surface area contributed by atoms with Crippen molar-refractivity contribution in [3.8, 4) is 0 Å². The number of hydrogen-bond donors (Lipinski definition) is 0. The highest BCUT2D eigenvalue weighted by Crippen LogP contribution is 2.66. The summed E-state index contributed by atoms with van der Waals surface area (Å²) in [6.45, 7) is 0.310. The average Bonchev–Trinajstić information content (AvgIpc) is 3.48. The van der Waals surface area contributed by atoms with E-state index in [9.17, 15) is 18.0 Å². The van der Waals surface area contributed by atoms with Crippen molar-refractivity contribution in [3.63, 3.8) is 0 Å². The predicted octanol–water partition coefficient (Wildman–Crippen LogP) is 4.54. The molecule has 1 saturated carbocycles. The number of amides is 1. The van der Waals surface area contributed by atoms with E-state index in [2.05, 4.69) is 0 Å². The van der Waals surface area contributed by atoms with Gasteiger partial charge in [-0.25, -0.2) is 8.42 Å². The van der Waals surface area contributed by atoms with Gasteiger partial charge in [0.2, 0.25) is 5.91 Å². The maximum Gasteiger partial charge on any atom is 0.238 e. The van der Waals surface area contributed by atoms with E-state index in [1.165, 1.54) is 0 Å². The minimum Gasteiger partial charge on any atom is -0.307 e. The summed E-state index contributed by atoms with van der Waals surface area (Å²) < 4.78 is 23.0. The fourth-order valence-corrected chi connectivity index (χ4v) is 5.72. The molecule has 1 spiro atoms. The number of carbonyl (C=O) groups excluding carboxylic acids is 2. The van der Waals surface area contributed by atoms with Crippen molar-refractivity contribution in [1.82, 2.24) is 0 Å². The smallest absolute Gasteiger partial charge is 0.238 e. The van der Waals surface area contributed by atoms with Gasteiger partial charge in [0.05, 0.1) is 12.0 Å². The van der Waals surface area contributed by atoms with Crippen LogP contribution in [0.5, 0.6) is 0 Å². The standard InChI is InChI=1S/C26H22ClNO4S/c1-33(31,32)16-24(29)19-6-4-5-17(13-19)15-28-23-8-3-2-7-21(23)26(25(28)30)14-22(26)18-9-11-20(27)12-10-18/h2-13,22H,14-16H2,1H3/t22-,26-/m0/s1. The van der Waals surface area contributed by atoms with E-state index in [0.29, 0.717) is 17.1 Å². The third kappa shape index (κ3) is 3.87. The first-order valence-corrected chi connectivity index (χ1v) is 13.1. The molecule has 1 heterocycles. The molecule has 0 unspecified atom stereocenters. The van der Waals surface area contributed by atoms with Crippen LogP contribution >= 0.6 is 11.6 Å². The van der Waals surface area contributed by atoms with Crippen molar-refractivity contribution in [2.45, 2.75) is 24.3 Å². The molecule has 5 nitrogen and oxygen atoms in total. The molecular weight excluding hydrogens is 458 g/mol. The quantitative estimate of drug-likeness (QED) is 0.487. The summed E-state index contributed by atoms with van der Waals surface area (Å²) in [4.78, 5) is 27.9. The minimum atomic E-state index is -3.42. The van der Waals surface area contributed by atoms with E-state index in [1.54, 1.807) is 23.1 Å². The third-order valence-corrected chi connectivity index (χ3v) is 7.56. The molecule has 1 fully saturated rings. The molecular formula is C26H22ClNO4S. The van der Waals surface area contributed by atoms with Gasteiger partial charge in [-0.15, -0.1) is 0 Å². The first kappa shape index (κ1) is 21.9. The van der Waals surface area contributed by atoms with Gasteiger partial charge in [-0.2, -0.15) is 0 Å². The highest BCUT2D eigenvalue weighted by atomic mass is 35.5. The number of Topliss-reactive ketones (excluding diaryl/α,β-unsaturated/α-hetero) is 1. The Hall–Kier alpha value is -2.96. The van der Waals surface area contributed by atoms with Crippen LogP contribution in [0, 0.1) is 0 Å². The van der Waals surface area contributed by atoms with Gasteiger partial charge >= 0.3 is 0 Å². The number of para-hydroxylation sites is 1. The Balaban J connectivity index is 1.45. The van der Waals surface area contributed by atoms with Crippen molar-refractivity contribution < 1.29 is 18.0 Å². The van der Waals surface area contributed by atoms with Crippen LogP contribution in [0.3, 0.4) is 0 Å². The van der Waals surface area contributed by atoms with Gasteiger partial charge in [0.15, 0.2) is 15.6 Å². The highest BCUT2D eigenvalue weighted by molar-refractivity contribution is 7.91. The number of carbonyl (C=O) groups is 2. The summed E-state index contributed by atoms with van der Waals surface area (Å²) in [6, 6.07) is 22.4. The topological polar surface area (TPSA) is 71.5 Å². The molecule has 33 heavy (non-hydrogen) atoms. The first-order chi connectivity index (χ1) is 15.7. The fraction of sp³-hybridized carbons (Fsp3) is 0.231. The second-order valence-corrected chi connectivity index (χ2v) is 11.5. The molecule has 0 saturated heterocycles. The van der Waals surface area contributed by atoms with Gasteiger partial charge in [0, 0.05) is 28.4 Å². The SMILES string of the molecule is CS(=O)(=O)CC(=O)c1cccc(CN2C(=O)[C@@]3(C[C@H]3c3ccc(Cl)cc3)c3ccccc32)c1. The maximum absolute atomic E-state index is 13.8. The largest absolute Gasteiger partial charge is 0.307 e. The zero-order valence-electron chi connectivity index (χ0n) is 18.0. The van der Waals surface area contributed by atoms with Crippen molar-refractivity contribution in [1.29, 1.82) is 0 Å². The summed E-state index contributed by atoms with van der Waals surface area (Å²) in [5.41, 5.74) is 3.54. The van der Waals surface area contributed by atoms with Crippen LogP contribution in [0.1, 0.15) is 39.4 Å². The molecule has 168 valence electrons. The van der Waals surface area contributed by atoms with Gasteiger partial charge in [0.25, 0.3) is 0 Å². The number of anilines is 1. The van der Waals surface area contributed by atoms with Crippen LogP contribution in [0.4, 0.5) is 5.69 Å². The molecule has 0 aromatic heterocycles. The molecule has 1 aliphatic heterocycles. The monoisotopic (exact) mass is 479 g/mol. The molecule has 5 rings (SSSR count). The molecule has 1 aliphatic carbocycles. The number of ketones is 1. The summed E-state index contributed by atoms with van der Waals surface area (Å²) in [5.74, 6) is -0.838. The third-order valence-electron chi connectivity index (χ3n) is 6.52. The van der Waals surface area contributed by atoms with Crippen LogP contribution in [0.2, 0.25) is 5.02 Å². The highest BCUT2D eigenvalue weighted by Gasteiger charge is 2.67. The Kier molecular flexibility index (Phi) is 5.18. The normalized spacial score (nSPS) is 21.3. The Morgan fingerprint density at radius 3 is 2.52 bits per heavy atom. The van der Waals surface area contributed by atoms with Crippen molar-refractivity contribution in [2.75, 3.05) is 16.9 Å². The lowest BCUT2D eigenvalue weighted by Crippen LogP contribution is -2.32. The lowest BCUT2D eigenvalue weighted by Gasteiger charge is -2.19. The Morgan fingerprint density at radius 1 is 1.06 bits per heavy atom. The second kappa shape index (κ2) is 7.82. The number of rotatable bonds is 6. The van der Waals surface area contributed by atoms with E-state index in [4.69, 9.17) is 11.6 Å². The average molecular weight is 480 g/mol. The van der Waals surface area contributed by atoms with Gasteiger partial charge in [-0.3, -0.25) is 9.59 Å². The number of hydrogen-bond acceptors (Lipinski definition) is 4. The van der Waals surface area contributed by atoms with Gasteiger partial charge in [-0.05, 0) is 47.4 Å². The van der Waals surface area contributed by atoms with Crippen LogP contribution in [-0.2, 0) is 26.6 Å². The molecule has 3 aromatic carbocycles. The van der Waals surface area contributed by atoms with Crippen LogP contribution < -0.4 is 4.90 Å². The maximum atomic E-state index is 13.8. The first-order valence-electron chi connectivity index (χ1n) is 10.7. The number of fused-ring (bicyclic) bond motifs is 2. The van der Waals surface area contributed by atoms with Crippen LogP contribution in [-0.4, -0.2) is 32.1 Å². The lowest BCUT2D eigenvalue weighted by molar-refractivity contribution is -0.120. The van der Waals surface area contributed by atoms with Gasteiger partial charge < -0.3 is 4.90 Å². The molecule has 0 bridgehead atoms. The number of benzene rings is 3. The number of nitrogens with zero attached hydrogens (tertiary/aromatic N) is 1. The van der Waals surface area contributed by atoms with Crippen molar-refractivity contribution >= 4 is 38.8 Å². The molecule has 0 N–H and O–H groups in total. The van der Waals surface area contributed by atoms with E-state index in [1.807, 2.05) is 54.6 Å². The molecule has 3 aromatic rings. The zero-order chi connectivity index (χ0) is 23.4. The zero-order valence-corrected chi connectivity index (χ0v) is 19.6. The summed E-state index contributed by atoms with van der Waals surface area (Å²) in [7, 11) is -3.42. The number of halogens is 1. The van der Waals surface area contributed by atoms with E-state index < -0.39 is 26.8 Å². The second-order valence-electron chi connectivity index (χ2n) is 8.88. The van der Waals surface area contributed by atoms with Crippen molar-refractivity contribution in [3.05, 3.63) is 100 Å². The Bertz CT molecular complexity index is 1380. The van der Waals surface area contributed by atoms with E-state index in [0.717, 1.165) is 35.1 Å². The summed E-state index contributed by atoms with van der Waals surface area (Å²) in [5, 5.41) is 0.665. The predicted molar refractivity (Wildman–Crippen MR) is 129 cm³/mol.